The fraction of sp³-hybridized carbons (Fsp3) is 0.400. The second-order valence-corrected chi connectivity index (χ2v) is 7.24. The van der Waals surface area contributed by atoms with Crippen LogP contribution in [-0.2, 0) is 19.4 Å². The first-order valence-corrected chi connectivity index (χ1v) is 9.09. The van der Waals surface area contributed by atoms with Gasteiger partial charge in [0, 0.05) is 21.0 Å². The smallest absolute Gasteiger partial charge is 0.0857 e. The van der Waals surface area contributed by atoms with Crippen molar-refractivity contribution < 1.29 is 5.11 Å². The fourth-order valence-electron chi connectivity index (χ4n) is 2.28. The van der Waals surface area contributed by atoms with Crippen LogP contribution in [0.5, 0.6) is 0 Å². The van der Waals surface area contributed by atoms with Gasteiger partial charge in [-0.3, -0.25) is 4.68 Å². The molecular formula is C15H17BrClIN2O. The van der Waals surface area contributed by atoms with Crippen molar-refractivity contribution in [1.29, 1.82) is 0 Å². The molecule has 2 rings (SSSR count). The van der Waals surface area contributed by atoms with Crippen molar-refractivity contribution in [3.63, 3.8) is 0 Å². The molecule has 0 fully saturated rings. The Morgan fingerprint density at radius 3 is 2.76 bits per heavy atom. The van der Waals surface area contributed by atoms with Gasteiger partial charge < -0.3 is 5.11 Å². The van der Waals surface area contributed by atoms with Crippen LogP contribution in [-0.4, -0.2) is 14.9 Å². The Kier molecular flexibility index (Phi) is 6.11. The summed E-state index contributed by atoms with van der Waals surface area (Å²) in [5.41, 5.74) is 2.66. The average Bonchev–Trinajstić information content (AvgIpc) is 2.77. The second kappa shape index (κ2) is 7.44. The van der Waals surface area contributed by atoms with E-state index < -0.39 is 6.10 Å². The van der Waals surface area contributed by atoms with Crippen LogP contribution in [0.4, 0.5) is 0 Å². The molecule has 0 aliphatic carbocycles. The third-order valence-electron chi connectivity index (χ3n) is 3.40. The largest absolute Gasteiger partial charge is 0.388 e. The van der Waals surface area contributed by atoms with E-state index in [1.807, 2.05) is 36.7 Å². The molecular weight excluding hydrogens is 466 g/mol. The van der Waals surface area contributed by atoms with Crippen molar-refractivity contribution in [2.24, 2.45) is 0 Å². The lowest BCUT2D eigenvalue weighted by Gasteiger charge is -2.14. The molecule has 2 aromatic rings. The monoisotopic (exact) mass is 482 g/mol. The molecule has 6 heteroatoms. The van der Waals surface area contributed by atoms with E-state index in [9.17, 15) is 5.11 Å². The van der Waals surface area contributed by atoms with Crippen LogP contribution in [0.15, 0.2) is 22.7 Å². The lowest BCUT2D eigenvalue weighted by atomic mass is 10.0. The molecule has 1 heterocycles. The summed E-state index contributed by atoms with van der Waals surface area (Å²) >= 11 is 12.1. The Morgan fingerprint density at radius 2 is 2.14 bits per heavy atom. The summed E-state index contributed by atoms with van der Waals surface area (Å²) < 4.78 is 3.88. The van der Waals surface area contributed by atoms with E-state index in [2.05, 4.69) is 43.6 Å². The molecule has 1 N–H and O–H groups in total. The van der Waals surface area contributed by atoms with Crippen molar-refractivity contribution in [2.45, 2.75) is 39.3 Å². The van der Waals surface area contributed by atoms with Crippen molar-refractivity contribution in [2.75, 3.05) is 0 Å². The molecule has 1 aromatic heterocycles. The number of hydrogen-bond acceptors (Lipinski definition) is 2. The molecule has 0 saturated carbocycles. The van der Waals surface area contributed by atoms with E-state index in [-0.39, 0.29) is 0 Å². The first kappa shape index (κ1) is 17.2. The van der Waals surface area contributed by atoms with Crippen LogP contribution in [0.2, 0.25) is 5.02 Å². The number of nitrogens with zero attached hydrogens (tertiary/aromatic N) is 2. The number of aromatic nitrogens is 2. The lowest BCUT2D eigenvalue weighted by Crippen LogP contribution is -2.09. The predicted molar refractivity (Wildman–Crippen MR) is 97.8 cm³/mol. The number of rotatable bonds is 5. The molecule has 1 atom stereocenters. The zero-order valence-corrected chi connectivity index (χ0v) is 16.4. The Labute approximate surface area is 152 Å². The Bertz CT molecular complexity index is 645. The molecule has 3 nitrogen and oxygen atoms in total. The number of halogens is 3. The summed E-state index contributed by atoms with van der Waals surface area (Å²) in [7, 11) is 0. The van der Waals surface area contributed by atoms with Crippen LogP contribution in [0, 0.1) is 3.57 Å². The summed E-state index contributed by atoms with van der Waals surface area (Å²) in [6, 6.07) is 5.94. The summed E-state index contributed by atoms with van der Waals surface area (Å²) in [5, 5.41) is 15.7. The zero-order chi connectivity index (χ0) is 15.6. The zero-order valence-electron chi connectivity index (χ0n) is 11.9. The lowest BCUT2D eigenvalue weighted by molar-refractivity contribution is 0.174. The van der Waals surface area contributed by atoms with E-state index in [1.165, 1.54) is 0 Å². The van der Waals surface area contributed by atoms with Gasteiger partial charge in [0.05, 0.1) is 22.5 Å². The topological polar surface area (TPSA) is 38.0 Å². The maximum absolute atomic E-state index is 10.6. The second-order valence-electron chi connectivity index (χ2n) is 4.76. The van der Waals surface area contributed by atoms with Crippen molar-refractivity contribution in [3.05, 3.63) is 48.2 Å². The molecule has 21 heavy (non-hydrogen) atoms. The average molecular weight is 484 g/mol. The van der Waals surface area contributed by atoms with Crippen LogP contribution in [0.1, 0.15) is 36.9 Å². The standard InChI is InChI=1S/C15H17BrClIN2O/c1-3-12-15(17)13(20(4-2)19-12)8-14(21)10-7-9(18)5-6-11(10)16/h5-7,14,21H,3-4,8H2,1-2H3. The number of hydrogen-bond donors (Lipinski definition) is 1. The van der Waals surface area contributed by atoms with Crippen molar-refractivity contribution in [1.82, 2.24) is 9.78 Å². The minimum absolute atomic E-state index is 0.457. The van der Waals surface area contributed by atoms with Crippen molar-refractivity contribution in [3.8, 4) is 0 Å². The minimum Gasteiger partial charge on any atom is -0.388 e. The Hall–Kier alpha value is -0.110. The quantitative estimate of drug-likeness (QED) is 0.623. The van der Waals surface area contributed by atoms with Gasteiger partial charge in [-0.25, -0.2) is 0 Å². The number of aryl methyl sites for hydroxylation is 2. The molecule has 1 aromatic carbocycles. The molecule has 114 valence electrons. The van der Waals surface area contributed by atoms with Gasteiger partial charge in [-0.2, -0.15) is 5.10 Å². The molecule has 0 radical (unpaired) electrons. The summed E-state index contributed by atoms with van der Waals surface area (Å²) in [5.74, 6) is 0. The third-order valence-corrected chi connectivity index (χ3v) is 5.23. The maximum atomic E-state index is 10.6. The highest BCUT2D eigenvalue weighted by atomic mass is 127. The van der Waals surface area contributed by atoms with Gasteiger partial charge in [0.25, 0.3) is 0 Å². The van der Waals surface area contributed by atoms with E-state index in [4.69, 9.17) is 11.6 Å². The van der Waals surface area contributed by atoms with E-state index >= 15 is 0 Å². The normalized spacial score (nSPS) is 12.7. The Balaban J connectivity index is 2.33. The van der Waals surface area contributed by atoms with Gasteiger partial charge >= 0.3 is 0 Å². The highest BCUT2D eigenvalue weighted by Gasteiger charge is 2.20. The predicted octanol–water partition coefficient (Wildman–Crippen LogP) is 4.76. The van der Waals surface area contributed by atoms with Gasteiger partial charge in [-0.15, -0.1) is 0 Å². The number of aliphatic hydroxyl groups excluding tert-OH is 1. The minimum atomic E-state index is -0.613. The van der Waals surface area contributed by atoms with E-state index in [1.54, 1.807) is 0 Å². The molecule has 0 aliphatic rings. The highest BCUT2D eigenvalue weighted by molar-refractivity contribution is 14.1. The van der Waals surface area contributed by atoms with Gasteiger partial charge in [-0.05, 0) is 59.7 Å². The summed E-state index contributed by atoms with van der Waals surface area (Å²) in [6.07, 6.45) is 0.638. The van der Waals surface area contributed by atoms with Crippen LogP contribution in [0.3, 0.4) is 0 Å². The van der Waals surface area contributed by atoms with Crippen LogP contribution < -0.4 is 0 Å². The molecule has 0 bridgehead atoms. The molecule has 0 spiro atoms. The summed E-state index contributed by atoms with van der Waals surface area (Å²) in [6.45, 7) is 4.81. The van der Waals surface area contributed by atoms with E-state index in [0.29, 0.717) is 11.4 Å². The molecule has 0 aliphatic heterocycles. The number of benzene rings is 1. The molecule has 1 unspecified atom stereocenters. The first-order valence-electron chi connectivity index (χ1n) is 6.84. The van der Waals surface area contributed by atoms with Crippen LogP contribution in [0.25, 0.3) is 0 Å². The van der Waals surface area contributed by atoms with Crippen molar-refractivity contribution >= 4 is 50.1 Å². The van der Waals surface area contributed by atoms with Gasteiger partial charge in [0.1, 0.15) is 0 Å². The molecule has 0 saturated heterocycles. The maximum Gasteiger partial charge on any atom is 0.0857 e. The summed E-state index contributed by atoms with van der Waals surface area (Å²) in [4.78, 5) is 0. The fourth-order valence-corrected chi connectivity index (χ4v) is 3.65. The highest BCUT2D eigenvalue weighted by Crippen LogP contribution is 2.31. The first-order chi connectivity index (χ1) is 9.97. The van der Waals surface area contributed by atoms with E-state index in [0.717, 1.165) is 38.0 Å². The van der Waals surface area contributed by atoms with Gasteiger partial charge in [0.2, 0.25) is 0 Å². The number of aliphatic hydroxyl groups is 1. The Morgan fingerprint density at radius 1 is 1.43 bits per heavy atom. The third kappa shape index (κ3) is 3.81. The van der Waals surface area contributed by atoms with Gasteiger partial charge in [0.15, 0.2) is 0 Å². The SMILES string of the molecule is CCc1nn(CC)c(CC(O)c2cc(I)ccc2Br)c1Cl. The molecule has 0 amide bonds. The van der Waals surface area contributed by atoms with Crippen LogP contribution >= 0.6 is 50.1 Å². The van der Waals surface area contributed by atoms with Gasteiger partial charge in [-0.1, -0.05) is 34.5 Å².